The van der Waals surface area contributed by atoms with Crippen LogP contribution in [0.3, 0.4) is 0 Å². The summed E-state index contributed by atoms with van der Waals surface area (Å²) in [5.74, 6) is 0. The molecule has 1 atom stereocenters. The molecular formula is C8H17NO. The quantitative estimate of drug-likeness (QED) is 0.632. The maximum Gasteiger partial charge on any atom is 0.0631 e. The van der Waals surface area contributed by atoms with Gasteiger partial charge in [0.05, 0.1) is 11.7 Å². The first kappa shape index (κ1) is 8.02. The molecule has 60 valence electrons. The largest absolute Gasteiger partial charge is 0.372 e. The van der Waals surface area contributed by atoms with Gasteiger partial charge >= 0.3 is 0 Å². The fourth-order valence-electron chi connectivity index (χ4n) is 1.47. The van der Waals surface area contributed by atoms with Gasteiger partial charge in [-0.15, -0.1) is 0 Å². The van der Waals surface area contributed by atoms with Gasteiger partial charge in [-0.05, 0) is 39.7 Å². The van der Waals surface area contributed by atoms with Gasteiger partial charge in [0.1, 0.15) is 0 Å². The van der Waals surface area contributed by atoms with Crippen molar-refractivity contribution in [3.8, 4) is 0 Å². The highest BCUT2D eigenvalue weighted by Gasteiger charge is 2.30. The molecule has 1 rings (SSSR count). The minimum Gasteiger partial charge on any atom is -0.372 e. The van der Waals surface area contributed by atoms with Crippen molar-refractivity contribution in [1.82, 2.24) is 0 Å². The predicted molar refractivity (Wildman–Crippen MR) is 41.9 cm³/mol. The van der Waals surface area contributed by atoms with Crippen molar-refractivity contribution >= 4 is 0 Å². The molecule has 2 N–H and O–H groups in total. The molecule has 0 aromatic rings. The summed E-state index contributed by atoms with van der Waals surface area (Å²) >= 11 is 0. The summed E-state index contributed by atoms with van der Waals surface area (Å²) in [6, 6.07) is 0. The lowest BCUT2D eigenvalue weighted by Crippen LogP contribution is -2.21. The first-order valence-corrected chi connectivity index (χ1v) is 4.02. The maximum atomic E-state index is 5.71. The Kier molecular flexibility index (Phi) is 2.32. The van der Waals surface area contributed by atoms with E-state index in [2.05, 4.69) is 13.8 Å². The van der Waals surface area contributed by atoms with Gasteiger partial charge in [-0.2, -0.15) is 0 Å². The van der Waals surface area contributed by atoms with E-state index in [4.69, 9.17) is 10.5 Å². The third kappa shape index (κ3) is 1.96. The van der Waals surface area contributed by atoms with Crippen molar-refractivity contribution in [2.24, 2.45) is 5.73 Å². The number of nitrogens with two attached hydrogens (primary N) is 1. The monoisotopic (exact) mass is 143 g/mol. The number of hydrogen-bond donors (Lipinski definition) is 1. The van der Waals surface area contributed by atoms with E-state index in [9.17, 15) is 0 Å². The molecule has 1 aliphatic rings. The normalized spacial score (nSPS) is 30.9. The molecule has 1 heterocycles. The topological polar surface area (TPSA) is 35.2 Å². The second kappa shape index (κ2) is 2.89. The molecular weight excluding hydrogens is 126 g/mol. The first-order chi connectivity index (χ1) is 4.64. The van der Waals surface area contributed by atoms with E-state index in [1.165, 1.54) is 12.8 Å². The van der Waals surface area contributed by atoms with Gasteiger partial charge in [-0.3, -0.25) is 0 Å². The van der Waals surface area contributed by atoms with Crippen LogP contribution in [0.2, 0.25) is 0 Å². The number of hydrogen-bond acceptors (Lipinski definition) is 2. The Bertz CT molecular complexity index is 112. The van der Waals surface area contributed by atoms with Gasteiger partial charge in [-0.25, -0.2) is 0 Å². The maximum absolute atomic E-state index is 5.71. The molecule has 0 aromatic heterocycles. The van der Waals surface area contributed by atoms with Crippen LogP contribution in [-0.2, 0) is 4.74 Å². The Hall–Kier alpha value is -0.0800. The number of ether oxygens (including phenoxy) is 1. The Morgan fingerprint density at radius 2 is 2.30 bits per heavy atom. The fourth-order valence-corrected chi connectivity index (χ4v) is 1.47. The van der Waals surface area contributed by atoms with Gasteiger partial charge in [0.2, 0.25) is 0 Å². The summed E-state index contributed by atoms with van der Waals surface area (Å²) in [7, 11) is 0. The van der Waals surface area contributed by atoms with Crippen molar-refractivity contribution in [1.29, 1.82) is 0 Å². The van der Waals surface area contributed by atoms with Gasteiger partial charge in [0, 0.05) is 0 Å². The predicted octanol–water partition coefficient (Wildman–Crippen LogP) is 1.29. The fraction of sp³-hybridized carbons (Fsp3) is 1.00. The van der Waals surface area contributed by atoms with E-state index in [1.54, 1.807) is 0 Å². The molecule has 0 radical (unpaired) electrons. The first-order valence-electron chi connectivity index (χ1n) is 4.02. The molecule has 0 aromatic carbocycles. The van der Waals surface area contributed by atoms with E-state index in [1.807, 2.05) is 0 Å². The SMILES string of the molecule is CC1(C)CC[C@H](CCN)O1. The summed E-state index contributed by atoms with van der Waals surface area (Å²) in [5.41, 5.74) is 5.53. The average molecular weight is 143 g/mol. The van der Waals surface area contributed by atoms with Crippen LogP contribution >= 0.6 is 0 Å². The summed E-state index contributed by atoms with van der Waals surface area (Å²) < 4.78 is 5.71. The average Bonchev–Trinajstić information content (AvgIpc) is 2.12. The molecule has 0 bridgehead atoms. The van der Waals surface area contributed by atoms with Crippen LogP contribution in [-0.4, -0.2) is 18.2 Å². The molecule has 10 heavy (non-hydrogen) atoms. The summed E-state index contributed by atoms with van der Waals surface area (Å²) in [6.45, 7) is 5.04. The van der Waals surface area contributed by atoms with E-state index in [0.717, 1.165) is 13.0 Å². The second-order valence-corrected chi connectivity index (χ2v) is 3.62. The van der Waals surface area contributed by atoms with Crippen LogP contribution in [0.1, 0.15) is 33.1 Å². The van der Waals surface area contributed by atoms with Crippen LogP contribution in [0.4, 0.5) is 0 Å². The zero-order valence-electron chi connectivity index (χ0n) is 6.89. The van der Waals surface area contributed by atoms with Crippen LogP contribution < -0.4 is 5.73 Å². The molecule has 1 aliphatic heterocycles. The third-order valence-electron chi connectivity index (χ3n) is 2.04. The van der Waals surface area contributed by atoms with Gasteiger partial charge in [-0.1, -0.05) is 0 Å². The molecule has 0 amide bonds. The Morgan fingerprint density at radius 3 is 2.70 bits per heavy atom. The van der Waals surface area contributed by atoms with E-state index >= 15 is 0 Å². The van der Waals surface area contributed by atoms with Crippen molar-refractivity contribution in [3.05, 3.63) is 0 Å². The van der Waals surface area contributed by atoms with Crippen molar-refractivity contribution < 1.29 is 4.74 Å². The minimum atomic E-state index is 0.111. The van der Waals surface area contributed by atoms with Crippen molar-refractivity contribution in [2.45, 2.75) is 44.8 Å². The highest BCUT2D eigenvalue weighted by Crippen LogP contribution is 2.30. The lowest BCUT2D eigenvalue weighted by molar-refractivity contribution is -0.0171. The molecule has 0 unspecified atom stereocenters. The van der Waals surface area contributed by atoms with Crippen LogP contribution in [0.15, 0.2) is 0 Å². The molecule has 1 fully saturated rings. The van der Waals surface area contributed by atoms with E-state index in [-0.39, 0.29) is 5.60 Å². The molecule has 2 heteroatoms. The minimum absolute atomic E-state index is 0.111. The smallest absolute Gasteiger partial charge is 0.0631 e. The van der Waals surface area contributed by atoms with Crippen molar-refractivity contribution in [2.75, 3.05) is 6.54 Å². The molecule has 2 nitrogen and oxygen atoms in total. The Morgan fingerprint density at radius 1 is 1.60 bits per heavy atom. The molecule has 0 saturated carbocycles. The van der Waals surface area contributed by atoms with E-state index < -0.39 is 0 Å². The Labute approximate surface area is 62.7 Å². The van der Waals surface area contributed by atoms with Crippen LogP contribution in [0, 0.1) is 0 Å². The lowest BCUT2D eigenvalue weighted by Gasteiger charge is -2.18. The number of rotatable bonds is 2. The van der Waals surface area contributed by atoms with Gasteiger partial charge < -0.3 is 10.5 Å². The standard InChI is InChI=1S/C8H17NO/c1-8(2)5-3-7(10-8)4-6-9/h7H,3-6,9H2,1-2H3/t7-/m1/s1. The second-order valence-electron chi connectivity index (χ2n) is 3.62. The zero-order valence-corrected chi connectivity index (χ0v) is 6.89. The highest BCUT2D eigenvalue weighted by atomic mass is 16.5. The zero-order chi connectivity index (χ0) is 7.61. The third-order valence-corrected chi connectivity index (χ3v) is 2.04. The van der Waals surface area contributed by atoms with Crippen molar-refractivity contribution in [3.63, 3.8) is 0 Å². The van der Waals surface area contributed by atoms with Crippen LogP contribution in [0.25, 0.3) is 0 Å². The van der Waals surface area contributed by atoms with Gasteiger partial charge in [0.25, 0.3) is 0 Å². The van der Waals surface area contributed by atoms with E-state index in [0.29, 0.717) is 6.10 Å². The lowest BCUT2D eigenvalue weighted by atomic mass is 10.0. The Balaban J connectivity index is 2.29. The summed E-state index contributed by atoms with van der Waals surface area (Å²) in [4.78, 5) is 0. The summed E-state index contributed by atoms with van der Waals surface area (Å²) in [6.07, 6.45) is 3.81. The molecule has 0 spiro atoms. The molecule has 1 saturated heterocycles. The highest BCUT2D eigenvalue weighted by molar-refractivity contribution is 4.80. The van der Waals surface area contributed by atoms with Gasteiger partial charge in [0.15, 0.2) is 0 Å². The van der Waals surface area contributed by atoms with Crippen LogP contribution in [0.5, 0.6) is 0 Å². The summed E-state index contributed by atoms with van der Waals surface area (Å²) in [5, 5.41) is 0. The molecule has 0 aliphatic carbocycles.